The number of aromatic nitrogens is 1. The van der Waals surface area contributed by atoms with Gasteiger partial charge in [-0.25, -0.2) is 4.39 Å². The quantitative estimate of drug-likeness (QED) is 0.266. The lowest BCUT2D eigenvalue weighted by Gasteiger charge is -2.36. The third-order valence-electron chi connectivity index (χ3n) is 6.38. The number of esters is 2. The van der Waals surface area contributed by atoms with Crippen LogP contribution in [0.5, 0.6) is 11.5 Å². The lowest BCUT2D eigenvalue weighted by Crippen LogP contribution is -2.48. The van der Waals surface area contributed by atoms with E-state index in [2.05, 4.69) is 4.98 Å². The van der Waals surface area contributed by atoms with Crippen LogP contribution in [0.3, 0.4) is 0 Å². The van der Waals surface area contributed by atoms with Gasteiger partial charge in [0, 0.05) is 42.4 Å². The predicted octanol–water partition coefficient (Wildman–Crippen LogP) is 5.48. The number of benzene rings is 3. The van der Waals surface area contributed by atoms with Gasteiger partial charge in [-0.15, -0.1) is 0 Å². The number of methoxy groups -OCH3 is 1. The van der Waals surface area contributed by atoms with E-state index in [1.165, 1.54) is 27.0 Å². The van der Waals surface area contributed by atoms with E-state index < -0.39 is 29.6 Å². The molecule has 1 saturated heterocycles. The van der Waals surface area contributed by atoms with Crippen molar-refractivity contribution in [2.75, 3.05) is 7.11 Å². The van der Waals surface area contributed by atoms with Gasteiger partial charge in [0.15, 0.2) is 17.4 Å². The van der Waals surface area contributed by atoms with E-state index in [0.717, 1.165) is 16.5 Å². The fourth-order valence-corrected chi connectivity index (χ4v) is 4.67. The highest BCUT2D eigenvalue weighted by atomic mass is 19.1. The van der Waals surface area contributed by atoms with Crippen LogP contribution in [-0.4, -0.2) is 29.8 Å². The maximum absolute atomic E-state index is 14.1. The van der Waals surface area contributed by atoms with Gasteiger partial charge < -0.3 is 23.9 Å². The fourth-order valence-electron chi connectivity index (χ4n) is 4.67. The maximum atomic E-state index is 14.1. The zero-order valence-electron chi connectivity index (χ0n) is 20.6. The molecule has 0 bridgehead atoms. The highest BCUT2D eigenvalue weighted by Crippen LogP contribution is 2.43. The molecule has 0 unspecified atom stereocenters. The minimum atomic E-state index is -1.35. The van der Waals surface area contributed by atoms with Crippen LogP contribution < -0.4 is 9.47 Å². The number of hydrogen-bond acceptors (Lipinski definition) is 6. The molecule has 1 aliphatic heterocycles. The number of halogens is 1. The van der Waals surface area contributed by atoms with Gasteiger partial charge in [-0.05, 0) is 35.4 Å². The Labute approximate surface area is 213 Å². The zero-order chi connectivity index (χ0) is 26.2. The van der Waals surface area contributed by atoms with E-state index >= 15 is 0 Å². The number of H-pyrrole nitrogens is 1. The number of rotatable bonds is 7. The molecule has 1 N–H and O–H groups in total. The SMILES string of the molecule is COc1cc([C@H](c2c[nH]c3ccccc23)C2C(=O)OC(C)(C)OC2=O)ccc1OCc1ccccc1F. The molecular formula is C29H26FNO6. The highest BCUT2D eigenvalue weighted by Gasteiger charge is 2.48. The highest BCUT2D eigenvalue weighted by molar-refractivity contribution is 5.99. The van der Waals surface area contributed by atoms with E-state index in [9.17, 15) is 14.0 Å². The van der Waals surface area contributed by atoms with E-state index in [0.29, 0.717) is 22.6 Å². The number of fused-ring (bicyclic) bond motifs is 1. The summed E-state index contributed by atoms with van der Waals surface area (Å²) in [6.07, 6.45) is 1.78. The Morgan fingerprint density at radius 2 is 1.68 bits per heavy atom. The Bertz CT molecular complexity index is 1460. The van der Waals surface area contributed by atoms with Gasteiger partial charge >= 0.3 is 11.9 Å². The first-order chi connectivity index (χ1) is 17.8. The molecule has 0 spiro atoms. The lowest BCUT2D eigenvalue weighted by atomic mass is 9.80. The first-order valence-electron chi connectivity index (χ1n) is 11.8. The number of carbonyl (C=O) groups is 2. The van der Waals surface area contributed by atoms with E-state index in [1.54, 1.807) is 42.6 Å². The summed E-state index contributed by atoms with van der Waals surface area (Å²) in [7, 11) is 1.49. The molecule has 8 heteroatoms. The Morgan fingerprint density at radius 3 is 2.41 bits per heavy atom. The average molecular weight is 504 g/mol. The molecule has 1 aromatic heterocycles. The van der Waals surface area contributed by atoms with Gasteiger partial charge in [-0.3, -0.25) is 9.59 Å². The monoisotopic (exact) mass is 503 g/mol. The summed E-state index contributed by atoms with van der Waals surface area (Å²) < 4.78 is 36.4. The van der Waals surface area contributed by atoms with Crippen LogP contribution >= 0.6 is 0 Å². The minimum absolute atomic E-state index is 0.00458. The number of hydrogen-bond donors (Lipinski definition) is 1. The molecule has 0 aliphatic carbocycles. The van der Waals surface area contributed by atoms with Crippen LogP contribution in [0.15, 0.2) is 72.9 Å². The lowest BCUT2D eigenvalue weighted by molar-refractivity contribution is -0.240. The minimum Gasteiger partial charge on any atom is -0.493 e. The second-order valence-electron chi connectivity index (χ2n) is 9.28. The molecule has 0 amide bonds. The molecule has 2 heterocycles. The van der Waals surface area contributed by atoms with Crippen molar-refractivity contribution < 1.29 is 32.9 Å². The third kappa shape index (κ3) is 4.74. The van der Waals surface area contributed by atoms with E-state index in [1.807, 2.05) is 24.3 Å². The normalized spacial score (nSPS) is 16.2. The Kier molecular flexibility index (Phi) is 6.33. The molecular weight excluding hydrogens is 477 g/mol. The summed E-state index contributed by atoms with van der Waals surface area (Å²) in [5.41, 5.74) is 2.62. The molecule has 0 radical (unpaired) electrons. The van der Waals surface area contributed by atoms with Crippen LogP contribution in [0.25, 0.3) is 10.9 Å². The van der Waals surface area contributed by atoms with E-state index in [-0.39, 0.29) is 12.4 Å². The summed E-state index contributed by atoms with van der Waals surface area (Å²) in [4.78, 5) is 29.5. The number of para-hydroxylation sites is 1. The van der Waals surface area contributed by atoms with Gasteiger partial charge in [0.1, 0.15) is 12.4 Å². The van der Waals surface area contributed by atoms with Crippen molar-refractivity contribution >= 4 is 22.8 Å². The Hall–Kier alpha value is -4.33. The Balaban J connectivity index is 1.56. The van der Waals surface area contributed by atoms with Gasteiger partial charge in [-0.2, -0.15) is 0 Å². The number of carbonyl (C=O) groups excluding carboxylic acids is 2. The summed E-state index contributed by atoms with van der Waals surface area (Å²) in [5, 5.41) is 0.858. The third-order valence-corrected chi connectivity index (χ3v) is 6.38. The molecule has 7 nitrogen and oxygen atoms in total. The first kappa shape index (κ1) is 24.4. The molecule has 4 aromatic rings. The van der Waals surface area contributed by atoms with Gasteiger partial charge in [0.2, 0.25) is 0 Å². The molecule has 1 aliphatic rings. The van der Waals surface area contributed by atoms with Crippen molar-refractivity contribution in [1.29, 1.82) is 0 Å². The summed E-state index contributed by atoms with van der Waals surface area (Å²) in [5.74, 6) is -4.26. The van der Waals surface area contributed by atoms with Crippen LogP contribution in [0.2, 0.25) is 0 Å². The summed E-state index contributed by atoms with van der Waals surface area (Å²) >= 11 is 0. The molecule has 5 rings (SSSR count). The number of aromatic amines is 1. The maximum Gasteiger partial charge on any atom is 0.324 e. The van der Waals surface area contributed by atoms with Gasteiger partial charge in [0.25, 0.3) is 5.79 Å². The van der Waals surface area contributed by atoms with E-state index in [4.69, 9.17) is 18.9 Å². The Morgan fingerprint density at radius 1 is 0.973 bits per heavy atom. The molecule has 190 valence electrons. The predicted molar refractivity (Wildman–Crippen MR) is 134 cm³/mol. The van der Waals surface area contributed by atoms with Crippen molar-refractivity contribution in [3.8, 4) is 11.5 Å². The molecule has 37 heavy (non-hydrogen) atoms. The van der Waals surface area contributed by atoms with Crippen LogP contribution in [0.1, 0.15) is 36.5 Å². The number of nitrogens with one attached hydrogen (secondary N) is 1. The molecule has 3 aromatic carbocycles. The van der Waals surface area contributed by atoms with Crippen molar-refractivity contribution in [1.82, 2.24) is 4.98 Å². The van der Waals surface area contributed by atoms with Crippen LogP contribution in [-0.2, 0) is 25.7 Å². The van der Waals surface area contributed by atoms with Crippen molar-refractivity contribution in [2.45, 2.75) is 32.2 Å². The van der Waals surface area contributed by atoms with Gasteiger partial charge in [-0.1, -0.05) is 42.5 Å². The fraction of sp³-hybridized carbons (Fsp3) is 0.241. The van der Waals surface area contributed by atoms with Crippen molar-refractivity contribution in [2.24, 2.45) is 5.92 Å². The molecule has 0 saturated carbocycles. The number of ether oxygens (including phenoxy) is 4. The van der Waals surface area contributed by atoms with Crippen LogP contribution in [0, 0.1) is 11.7 Å². The standard InChI is InChI=1S/C29H26FNO6/c1-29(2)36-27(32)26(28(33)37-29)25(20-15-31-22-11-7-5-9-19(20)22)17-12-13-23(24(14-17)34-3)35-16-18-8-4-6-10-21(18)30/h4-15,25-26,31H,16H2,1-3H3/t25-/m1/s1. The second kappa shape index (κ2) is 9.61. The van der Waals surface area contributed by atoms with Crippen molar-refractivity contribution in [3.05, 3.63) is 95.4 Å². The van der Waals surface area contributed by atoms with Crippen LogP contribution in [0.4, 0.5) is 4.39 Å². The van der Waals surface area contributed by atoms with Crippen molar-refractivity contribution in [3.63, 3.8) is 0 Å². The zero-order valence-corrected chi connectivity index (χ0v) is 20.6. The number of cyclic esters (lactones) is 2. The summed E-state index contributed by atoms with van der Waals surface area (Å²) in [6.45, 7) is 3.04. The second-order valence-corrected chi connectivity index (χ2v) is 9.28. The summed E-state index contributed by atoms with van der Waals surface area (Å²) in [6, 6.07) is 19.1. The smallest absolute Gasteiger partial charge is 0.324 e. The first-order valence-corrected chi connectivity index (χ1v) is 11.8. The topological polar surface area (TPSA) is 86.9 Å². The van der Waals surface area contributed by atoms with Gasteiger partial charge in [0.05, 0.1) is 7.11 Å². The molecule has 1 atom stereocenters. The molecule has 1 fully saturated rings. The average Bonchev–Trinajstić information content (AvgIpc) is 3.29. The largest absolute Gasteiger partial charge is 0.493 e.